The first-order valence-corrected chi connectivity index (χ1v) is 2.34. The van der Waals surface area contributed by atoms with E-state index in [0.717, 1.165) is 6.20 Å². The Morgan fingerprint density at radius 3 is 2.89 bits per heavy atom. The molecule has 0 aliphatic carbocycles. The Labute approximate surface area is 50.2 Å². The average Bonchev–Trinajstić information content (AvgIpc) is 1.93. The maximum atomic E-state index is 10.4. The van der Waals surface area contributed by atoms with E-state index < -0.39 is 11.1 Å². The van der Waals surface area contributed by atoms with Gasteiger partial charge in [-0.3, -0.25) is 19.6 Å². The van der Waals surface area contributed by atoms with Crippen molar-refractivity contribution in [3.63, 3.8) is 0 Å². The van der Waals surface area contributed by atoms with Crippen LogP contribution in [-0.4, -0.2) is 9.97 Å². The minimum absolute atomic E-state index is 0.433. The van der Waals surface area contributed by atoms with Crippen LogP contribution in [0.3, 0.4) is 0 Å². The van der Waals surface area contributed by atoms with Gasteiger partial charge in [-0.15, -0.1) is 0 Å². The van der Waals surface area contributed by atoms with Gasteiger partial charge in [0.15, 0.2) is 0 Å². The van der Waals surface area contributed by atoms with Gasteiger partial charge in [-0.25, -0.2) is 0 Å². The summed E-state index contributed by atoms with van der Waals surface area (Å²) < 4.78 is 0. The number of rotatable bonds is 0. The molecule has 0 saturated heterocycles. The van der Waals surface area contributed by atoms with Gasteiger partial charge in [0.25, 0.3) is 11.1 Å². The second-order valence-electron chi connectivity index (χ2n) is 1.45. The quantitative estimate of drug-likeness (QED) is 0.489. The van der Waals surface area contributed by atoms with E-state index in [2.05, 4.69) is 4.98 Å². The van der Waals surface area contributed by atoms with E-state index >= 15 is 0 Å². The molecule has 0 bridgehead atoms. The number of nitrogens with zero attached hydrogens (tertiary/aromatic N) is 1. The summed E-state index contributed by atoms with van der Waals surface area (Å²) in [7, 11) is 0. The van der Waals surface area contributed by atoms with Crippen LogP contribution in [0.2, 0.25) is 0 Å². The van der Waals surface area contributed by atoms with Gasteiger partial charge in [-0.1, -0.05) is 0 Å². The van der Waals surface area contributed by atoms with Gasteiger partial charge in [-0.05, 0) is 0 Å². The van der Waals surface area contributed by atoms with Crippen molar-refractivity contribution in [3.05, 3.63) is 39.2 Å². The molecule has 9 heavy (non-hydrogen) atoms. The van der Waals surface area contributed by atoms with E-state index in [9.17, 15) is 9.59 Å². The smallest absolute Gasteiger partial charge is 0.269 e. The third-order valence-corrected chi connectivity index (χ3v) is 0.750. The summed E-state index contributed by atoms with van der Waals surface area (Å²) in [5.41, 5.74) is -0.914. The van der Waals surface area contributed by atoms with Crippen LogP contribution in [-0.2, 0) is 0 Å². The third-order valence-electron chi connectivity index (χ3n) is 0.750. The number of aromatic nitrogens is 2. The standard InChI is InChI=1S/C5H4N2O2/c8-4-1-2-6-3-5(9)7-4/h1-3H,(H,7,8,9). The molecule has 0 radical (unpaired) electrons. The molecule has 4 nitrogen and oxygen atoms in total. The van der Waals surface area contributed by atoms with Crippen molar-refractivity contribution >= 4 is 0 Å². The zero-order valence-electron chi connectivity index (χ0n) is 4.50. The van der Waals surface area contributed by atoms with Crippen LogP contribution < -0.4 is 11.1 Å². The first-order valence-electron chi connectivity index (χ1n) is 2.34. The zero-order valence-corrected chi connectivity index (χ0v) is 4.50. The molecule has 0 aliphatic heterocycles. The van der Waals surface area contributed by atoms with Gasteiger partial charge in [-0.2, -0.15) is 0 Å². The Kier molecular flexibility index (Phi) is 1.40. The molecule has 0 amide bonds. The van der Waals surface area contributed by atoms with E-state index in [1.807, 2.05) is 4.98 Å². The first kappa shape index (κ1) is 5.68. The first-order chi connectivity index (χ1) is 4.29. The molecule has 1 rings (SSSR count). The highest BCUT2D eigenvalue weighted by atomic mass is 16.2. The minimum Gasteiger partial charge on any atom is -0.288 e. The third kappa shape index (κ3) is 1.49. The summed E-state index contributed by atoms with van der Waals surface area (Å²) in [6.07, 6.45) is 2.31. The minimum atomic E-state index is -0.481. The fourth-order valence-corrected chi connectivity index (χ4v) is 0.417. The Morgan fingerprint density at radius 1 is 1.33 bits per heavy atom. The highest BCUT2D eigenvalue weighted by Gasteiger charge is 1.77. The van der Waals surface area contributed by atoms with Crippen LogP contribution in [0.1, 0.15) is 0 Å². The molecule has 0 aliphatic rings. The van der Waals surface area contributed by atoms with Gasteiger partial charge in [0.2, 0.25) is 0 Å². The fourth-order valence-electron chi connectivity index (χ4n) is 0.417. The number of nitrogens with one attached hydrogen (secondary N) is 1. The van der Waals surface area contributed by atoms with Crippen molar-refractivity contribution in [1.82, 2.24) is 9.97 Å². The van der Waals surface area contributed by atoms with E-state index in [0.29, 0.717) is 0 Å². The number of hydrogen-bond donors (Lipinski definition) is 1. The number of hydrogen-bond acceptors (Lipinski definition) is 3. The molecule has 1 N–H and O–H groups in total. The van der Waals surface area contributed by atoms with Gasteiger partial charge in [0.1, 0.15) is 0 Å². The molecule has 0 aromatic carbocycles. The largest absolute Gasteiger partial charge is 0.288 e. The maximum Gasteiger partial charge on any atom is 0.269 e. The zero-order chi connectivity index (χ0) is 6.69. The Morgan fingerprint density at radius 2 is 2.11 bits per heavy atom. The van der Waals surface area contributed by atoms with Crippen molar-refractivity contribution in [2.75, 3.05) is 0 Å². The second kappa shape index (κ2) is 2.21. The molecular formula is C5H4N2O2. The van der Waals surface area contributed by atoms with Gasteiger partial charge < -0.3 is 0 Å². The van der Waals surface area contributed by atoms with Crippen molar-refractivity contribution in [2.24, 2.45) is 0 Å². The lowest BCUT2D eigenvalue weighted by Crippen LogP contribution is -2.11. The Hall–Kier alpha value is -1.45. The molecule has 0 spiro atoms. The summed E-state index contributed by atoms with van der Waals surface area (Å²) in [4.78, 5) is 26.3. The summed E-state index contributed by atoms with van der Waals surface area (Å²) in [5, 5.41) is 0. The van der Waals surface area contributed by atoms with Crippen molar-refractivity contribution in [2.45, 2.75) is 0 Å². The molecule has 0 atom stereocenters. The highest BCUT2D eigenvalue weighted by molar-refractivity contribution is 4.79. The van der Waals surface area contributed by atoms with Crippen molar-refractivity contribution < 1.29 is 0 Å². The van der Waals surface area contributed by atoms with Crippen LogP contribution in [0.4, 0.5) is 0 Å². The lowest BCUT2D eigenvalue weighted by molar-refractivity contribution is 1.19. The fraction of sp³-hybridized carbons (Fsp3) is 0. The molecule has 1 heterocycles. The van der Waals surface area contributed by atoms with Crippen LogP contribution in [0.15, 0.2) is 28.0 Å². The van der Waals surface area contributed by atoms with Crippen molar-refractivity contribution in [3.8, 4) is 0 Å². The summed E-state index contributed by atoms with van der Waals surface area (Å²) in [6, 6.07) is 1.18. The van der Waals surface area contributed by atoms with E-state index in [1.165, 1.54) is 12.3 Å². The van der Waals surface area contributed by atoms with Gasteiger partial charge in [0, 0.05) is 12.3 Å². The topological polar surface area (TPSA) is 62.8 Å². The van der Waals surface area contributed by atoms with E-state index in [1.54, 1.807) is 0 Å². The predicted molar refractivity (Wildman–Crippen MR) is 31.1 cm³/mol. The Bertz CT molecular complexity index is 274. The molecule has 1 aromatic heterocycles. The lowest BCUT2D eigenvalue weighted by Gasteiger charge is -1.61. The summed E-state index contributed by atoms with van der Waals surface area (Å²) in [5.74, 6) is 0. The maximum absolute atomic E-state index is 10.4. The van der Waals surface area contributed by atoms with Crippen LogP contribution in [0.5, 0.6) is 0 Å². The van der Waals surface area contributed by atoms with Crippen LogP contribution in [0.25, 0.3) is 0 Å². The molecule has 4 heteroatoms. The highest BCUT2D eigenvalue weighted by Crippen LogP contribution is 1.55. The average molecular weight is 124 g/mol. The predicted octanol–water partition coefficient (Wildman–Crippen LogP) is -0.870. The number of H-pyrrole nitrogens is 1. The van der Waals surface area contributed by atoms with Crippen LogP contribution >= 0.6 is 0 Å². The molecule has 46 valence electrons. The van der Waals surface area contributed by atoms with E-state index in [-0.39, 0.29) is 0 Å². The normalized spacial score (nSPS) is 8.89. The summed E-state index contributed by atoms with van der Waals surface area (Å²) in [6.45, 7) is 0. The monoisotopic (exact) mass is 124 g/mol. The molecule has 0 saturated carbocycles. The summed E-state index contributed by atoms with van der Waals surface area (Å²) >= 11 is 0. The lowest BCUT2D eigenvalue weighted by atomic mass is 10.7. The van der Waals surface area contributed by atoms with Gasteiger partial charge in [0.05, 0.1) is 6.20 Å². The molecule has 1 aromatic rings. The van der Waals surface area contributed by atoms with E-state index in [4.69, 9.17) is 0 Å². The Balaban J connectivity index is 3.56. The molecular weight excluding hydrogens is 120 g/mol. The molecule has 0 unspecified atom stereocenters. The van der Waals surface area contributed by atoms with Crippen molar-refractivity contribution in [1.29, 1.82) is 0 Å². The van der Waals surface area contributed by atoms with Gasteiger partial charge >= 0.3 is 0 Å². The number of aromatic amines is 1. The SMILES string of the molecule is O=c1ccncc(=O)[nH]1. The van der Waals surface area contributed by atoms with Crippen LogP contribution in [0, 0.1) is 0 Å². The molecule has 0 fully saturated rings. The second-order valence-corrected chi connectivity index (χ2v) is 1.45.